The van der Waals surface area contributed by atoms with E-state index >= 15 is 0 Å². The normalized spacial score (nSPS) is 17.7. The molecule has 0 saturated carbocycles. The molecule has 0 bridgehead atoms. The Labute approximate surface area is 110 Å². The van der Waals surface area contributed by atoms with Gasteiger partial charge in [0.1, 0.15) is 6.10 Å². The maximum Gasteiger partial charge on any atom is 0.369 e. The first kappa shape index (κ1) is 13.2. The molecule has 0 atom stereocenters. The van der Waals surface area contributed by atoms with Crippen LogP contribution >= 0.6 is 11.3 Å². The summed E-state index contributed by atoms with van der Waals surface area (Å²) in [6.07, 6.45) is 2.12. The molecule has 0 aliphatic carbocycles. The highest BCUT2D eigenvalue weighted by molar-refractivity contribution is 7.14. The summed E-state index contributed by atoms with van der Waals surface area (Å²) >= 11 is 1.14. The molecular formula is C11H17N3O3S. The molecule has 1 aliphatic rings. The highest BCUT2D eigenvalue weighted by atomic mass is 32.1. The minimum Gasteiger partial charge on any atom is -0.466 e. The van der Waals surface area contributed by atoms with Crippen molar-refractivity contribution in [2.45, 2.75) is 25.9 Å². The van der Waals surface area contributed by atoms with Gasteiger partial charge in [0.2, 0.25) is 5.01 Å². The van der Waals surface area contributed by atoms with E-state index in [1.54, 1.807) is 6.92 Å². The second-order valence-electron chi connectivity index (χ2n) is 4.21. The number of likely N-dealkylation sites (tertiary alicyclic amines) is 1. The number of hydrogen-bond acceptors (Lipinski definition) is 7. The van der Waals surface area contributed by atoms with Crippen molar-refractivity contribution in [2.24, 2.45) is 0 Å². The van der Waals surface area contributed by atoms with Crippen LogP contribution in [0.15, 0.2) is 0 Å². The number of hydrogen-bond donors (Lipinski definition) is 0. The van der Waals surface area contributed by atoms with Gasteiger partial charge in [-0.05, 0) is 38.1 Å². The molecule has 0 unspecified atom stereocenters. The Morgan fingerprint density at radius 1 is 1.44 bits per heavy atom. The molecule has 1 aromatic rings. The van der Waals surface area contributed by atoms with Crippen LogP contribution in [0.5, 0.6) is 5.19 Å². The van der Waals surface area contributed by atoms with Crippen LogP contribution in [-0.2, 0) is 4.74 Å². The predicted molar refractivity (Wildman–Crippen MR) is 67.0 cm³/mol. The lowest BCUT2D eigenvalue weighted by molar-refractivity contribution is 0.0525. The number of aromatic nitrogens is 2. The van der Waals surface area contributed by atoms with Crippen molar-refractivity contribution in [2.75, 3.05) is 26.7 Å². The van der Waals surface area contributed by atoms with Crippen LogP contribution in [0.1, 0.15) is 29.6 Å². The summed E-state index contributed by atoms with van der Waals surface area (Å²) in [5.74, 6) is -0.437. The fraction of sp³-hybridized carbons (Fsp3) is 0.727. The standard InChI is InChI=1S/C11H17N3O3S/c1-3-16-10(15)9-12-13-11(18-9)17-8-4-6-14(2)7-5-8/h8H,3-7H2,1-2H3. The number of carbonyl (C=O) groups excluding carboxylic acids is 1. The predicted octanol–water partition coefficient (Wildman–Crippen LogP) is 1.19. The lowest BCUT2D eigenvalue weighted by Gasteiger charge is -2.28. The third-order valence-corrected chi connectivity index (χ3v) is 3.58. The average molecular weight is 271 g/mol. The molecule has 0 spiro atoms. The molecule has 0 amide bonds. The SMILES string of the molecule is CCOC(=O)c1nnc(OC2CCN(C)CC2)s1. The van der Waals surface area contributed by atoms with Crippen LogP contribution in [0, 0.1) is 0 Å². The Bertz CT molecular complexity index is 402. The summed E-state index contributed by atoms with van der Waals surface area (Å²) in [6.45, 7) is 4.14. The van der Waals surface area contributed by atoms with Crippen molar-refractivity contribution >= 4 is 17.3 Å². The minimum atomic E-state index is -0.437. The van der Waals surface area contributed by atoms with E-state index in [1.807, 2.05) is 0 Å². The lowest BCUT2D eigenvalue weighted by atomic mass is 10.1. The van der Waals surface area contributed by atoms with E-state index in [1.165, 1.54) is 0 Å². The van der Waals surface area contributed by atoms with Crippen molar-refractivity contribution in [3.8, 4) is 5.19 Å². The van der Waals surface area contributed by atoms with Crippen LogP contribution in [0.25, 0.3) is 0 Å². The zero-order chi connectivity index (χ0) is 13.0. The maximum atomic E-state index is 11.4. The zero-order valence-corrected chi connectivity index (χ0v) is 11.4. The van der Waals surface area contributed by atoms with Gasteiger partial charge in [-0.1, -0.05) is 5.10 Å². The van der Waals surface area contributed by atoms with Crippen LogP contribution in [0.3, 0.4) is 0 Å². The number of carbonyl (C=O) groups is 1. The van der Waals surface area contributed by atoms with Gasteiger partial charge in [-0.3, -0.25) is 0 Å². The number of ether oxygens (including phenoxy) is 2. The van der Waals surface area contributed by atoms with Crippen LogP contribution in [0.4, 0.5) is 0 Å². The molecule has 100 valence electrons. The molecule has 2 rings (SSSR count). The Balaban J connectivity index is 1.88. The zero-order valence-electron chi connectivity index (χ0n) is 10.6. The highest BCUT2D eigenvalue weighted by Crippen LogP contribution is 2.22. The van der Waals surface area contributed by atoms with Crippen LogP contribution in [0.2, 0.25) is 0 Å². The highest BCUT2D eigenvalue weighted by Gasteiger charge is 2.21. The van der Waals surface area contributed by atoms with E-state index in [4.69, 9.17) is 9.47 Å². The summed E-state index contributed by atoms with van der Waals surface area (Å²) in [5, 5.41) is 8.34. The van der Waals surface area contributed by atoms with Gasteiger partial charge < -0.3 is 14.4 Å². The third-order valence-electron chi connectivity index (χ3n) is 2.79. The van der Waals surface area contributed by atoms with Gasteiger partial charge in [0.05, 0.1) is 6.61 Å². The average Bonchev–Trinajstić information content (AvgIpc) is 2.81. The Morgan fingerprint density at radius 2 is 2.17 bits per heavy atom. The van der Waals surface area contributed by atoms with Gasteiger partial charge in [0.15, 0.2) is 0 Å². The van der Waals surface area contributed by atoms with Crippen LogP contribution < -0.4 is 4.74 Å². The summed E-state index contributed by atoms with van der Waals surface area (Å²) in [6, 6.07) is 0. The summed E-state index contributed by atoms with van der Waals surface area (Å²) < 4.78 is 10.6. The number of esters is 1. The van der Waals surface area contributed by atoms with Gasteiger partial charge in [0, 0.05) is 13.1 Å². The molecular weight excluding hydrogens is 254 g/mol. The monoisotopic (exact) mass is 271 g/mol. The van der Waals surface area contributed by atoms with Gasteiger partial charge in [0.25, 0.3) is 5.19 Å². The summed E-state index contributed by atoms with van der Waals surface area (Å²) in [7, 11) is 2.10. The van der Waals surface area contributed by atoms with Gasteiger partial charge in [-0.2, -0.15) is 0 Å². The first-order chi connectivity index (χ1) is 8.69. The van der Waals surface area contributed by atoms with Crippen LogP contribution in [-0.4, -0.2) is 53.9 Å². The molecule has 6 nitrogen and oxygen atoms in total. The third kappa shape index (κ3) is 3.39. The molecule has 2 heterocycles. The topological polar surface area (TPSA) is 64.5 Å². The number of nitrogens with zero attached hydrogens (tertiary/aromatic N) is 3. The second-order valence-corrected chi connectivity index (χ2v) is 5.15. The lowest BCUT2D eigenvalue weighted by Crippen LogP contribution is -2.35. The second kappa shape index (κ2) is 6.10. The fourth-order valence-corrected chi connectivity index (χ4v) is 2.43. The van der Waals surface area contributed by atoms with Gasteiger partial charge in [-0.25, -0.2) is 4.79 Å². The van der Waals surface area contributed by atoms with Crippen molar-refractivity contribution in [1.82, 2.24) is 15.1 Å². The minimum absolute atomic E-state index is 0.171. The molecule has 0 N–H and O–H groups in total. The molecule has 1 fully saturated rings. The van der Waals surface area contributed by atoms with E-state index in [0.717, 1.165) is 37.3 Å². The molecule has 1 saturated heterocycles. The van der Waals surface area contributed by atoms with Crippen molar-refractivity contribution in [3.63, 3.8) is 0 Å². The smallest absolute Gasteiger partial charge is 0.369 e. The summed E-state index contributed by atoms with van der Waals surface area (Å²) in [5.41, 5.74) is 0. The Kier molecular flexibility index (Phi) is 4.48. The van der Waals surface area contributed by atoms with Gasteiger partial charge >= 0.3 is 5.97 Å². The molecule has 1 aromatic heterocycles. The summed E-state index contributed by atoms with van der Waals surface area (Å²) in [4.78, 5) is 13.7. The largest absolute Gasteiger partial charge is 0.466 e. The number of rotatable bonds is 4. The van der Waals surface area contributed by atoms with E-state index in [2.05, 4.69) is 22.1 Å². The Morgan fingerprint density at radius 3 is 2.83 bits per heavy atom. The molecule has 1 aliphatic heterocycles. The van der Waals surface area contributed by atoms with E-state index in [-0.39, 0.29) is 11.1 Å². The molecule has 0 radical (unpaired) electrons. The first-order valence-corrected chi connectivity index (χ1v) is 6.86. The molecule has 18 heavy (non-hydrogen) atoms. The van der Waals surface area contributed by atoms with Crippen molar-refractivity contribution in [1.29, 1.82) is 0 Å². The Hall–Kier alpha value is -1.21. The maximum absolute atomic E-state index is 11.4. The molecule has 7 heteroatoms. The van der Waals surface area contributed by atoms with E-state index in [0.29, 0.717) is 11.8 Å². The van der Waals surface area contributed by atoms with E-state index in [9.17, 15) is 4.79 Å². The number of piperidine rings is 1. The van der Waals surface area contributed by atoms with E-state index < -0.39 is 5.97 Å². The molecule has 0 aromatic carbocycles. The first-order valence-electron chi connectivity index (χ1n) is 6.05. The quantitative estimate of drug-likeness (QED) is 0.766. The fourth-order valence-electron chi connectivity index (χ4n) is 1.78. The van der Waals surface area contributed by atoms with Crippen molar-refractivity contribution < 1.29 is 14.3 Å². The van der Waals surface area contributed by atoms with Gasteiger partial charge in [-0.15, -0.1) is 5.10 Å². The van der Waals surface area contributed by atoms with Crippen molar-refractivity contribution in [3.05, 3.63) is 5.01 Å².